The average Bonchev–Trinajstić information content (AvgIpc) is 2.65. The van der Waals surface area contributed by atoms with E-state index in [2.05, 4.69) is 18.8 Å². The number of pyridine rings is 1. The van der Waals surface area contributed by atoms with Crippen LogP contribution in [0.3, 0.4) is 0 Å². The third-order valence-electron chi connectivity index (χ3n) is 2.91. The van der Waals surface area contributed by atoms with Crippen LogP contribution < -0.4 is 4.74 Å². The Labute approximate surface area is 91.7 Å². The van der Waals surface area contributed by atoms with Crippen LogP contribution in [-0.2, 0) is 12.8 Å². The van der Waals surface area contributed by atoms with E-state index < -0.39 is 0 Å². The number of aryl methyl sites for hydroxylation is 1. The maximum Gasteiger partial charge on any atom is 0.125 e. The van der Waals surface area contributed by atoms with Crippen molar-refractivity contribution in [1.29, 1.82) is 0 Å². The fraction of sp³-hybridized carbons (Fsp3) is 0.615. The quantitative estimate of drug-likeness (QED) is 0.754. The van der Waals surface area contributed by atoms with Crippen molar-refractivity contribution in [1.82, 2.24) is 4.98 Å². The molecule has 1 aliphatic heterocycles. The minimum atomic E-state index is 0.790. The van der Waals surface area contributed by atoms with Crippen LogP contribution >= 0.6 is 0 Å². The van der Waals surface area contributed by atoms with Gasteiger partial charge in [-0.15, -0.1) is 0 Å². The van der Waals surface area contributed by atoms with Gasteiger partial charge < -0.3 is 4.74 Å². The predicted octanol–water partition coefficient (Wildman–Crippen LogP) is 3.00. The van der Waals surface area contributed by atoms with E-state index in [9.17, 15) is 0 Å². The van der Waals surface area contributed by atoms with Gasteiger partial charge in [-0.2, -0.15) is 0 Å². The molecule has 0 unspecified atom stereocenters. The Morgan fingerprint density at radius 2 is 2.33 bits per heavy atom. The van der Waals surface area contributed by atoms with Gasteiger partial charge in [0.05, 0.1) is 6.61 Å². The van der Waals surface area contributed by atoms with E-state index >= 15 is 0 Å². The molecule has 0 aromatic carbocycles. The third kappa shape index (κ3) is 2.49. The zero-order valence-electron chi connectivity index (χ0n) is 9.62. The molecule has 15 heavy (non-hydrogen) atoms. The topological polar surface area (TPSA) is 22.1 Å². The highest BCUT2D eigenvalue weighted by Gasteiger charge is 2.16. The molecule has 0 fully saturated rings. The van der Waals surface area contributed by atoms with Gasteiger partial charge in [-0.05, 0) is 24.8 Å². The molecule has 2 rings (SSSR count). The van der Waals surface area contributed by atoms with Crippen LogP contribution in [0.4, 0.5) is 0 Å². The van der Waals surface area contributed by atoms with Crippen molar-refractivity contribution in [2.24, 2.45) is 5.92 Å². The van der Waals surface area contributed by atoms with E-state index in [1.165, 1.54) is 24.1 Å². The number of rotatable bonds is 4. The summed E-state index contributed by atoms with van der Waals surface area (Å²) in [5.41, 5.74) is 2.60. The van der Waals surface area contributed by atoms with Gasteiger partial charge in [0.25, 0.3) is 0 Å². The summed E-state index contributed by atoms with van der Waals surface area (Å²) in [6.45, 7) is 5.37. The second-order valence-electron chi connectivity index (χ2n) is 4.62. The molecule has 82 valence electrons. The summed E-state index contributed by atoms with van der Waals surface area (Å²) >= 11 is 0. The van der Waals surface area contributed by atoms with Gasteiger partial charge in [0.15, 0.2) is 0 Å². The largest absolute Gasteiger partial charge is 0.493 e. The molecule has 1 aromatic heterocycles. The lowest BCUT2D eigenvalue weighted by Gasteiger charge is -2.07. The Morgan fingerprint density at radius 3 is 3.13 bits per heavy atom. The van der Waals surface area contributed by atoms with Crippen LogP contribution in [0.5, 0.6) is 5.75 Å². The van der Waals surface area contributed by atoms with Crippen LogP contribution in [0.2, 0.25) is 0 Å². The van der Waals surface area contributed by atoms with Crippen molar-refractivity contribution in [2.45, 2.75) is 39.5 Å². The van der Waals surface area contributed by atoms with Gasteiger partial charge in [0, 0.05) is 23.9 Å². The molecule has 2 heteroatoms. The van der Waals surface area contributed by atoms with E-state index in [1.54, 1.807) is 0 Å². The Balaban J connectivity index is 2.00. The van der Waals surface area contributed by atoms with Crippen LogP contribution in [0.1, 0.15) is 37.9 Å². The van der Waals surface area contributed by atoms with Crippen LogP contribution in [0.15, 0.2) is 12.3 Å². The van der Waals surface area contributed by atoms with E-state index in [-0.39, 0.29) is 0 Å². The highest BCUT2D eigenvalue weighted by molar-refractivity contribution is 5.38. The average molecular weight is 205 g/mol. The van der Waals surface area contributed by atoms with Gasteiger partial charge >= 0.3 is 0 Å². The van der Waals surface area contributed by atoms with E-state index in [0.717, 1.165) is 31.1 Å². The maximum absolute atomic E-state index is 5.53. The fourth-order valence-corrected chi connectivity index (χ4v) is 2.07. The minimum absolute atomic E-state index is 0.790. The number of aromatic nitrogens is 1. The van der Waals surface area contributed by atoms with Crippen LogP contribution in [0.25, 0.3) is 0 Å². The summed E-state index contributed by atoms with van der Waals surface area (Å²) in [5.74, 6) is 1.85. The number of hydrogen-bond acceptors (Lipinski definition) is 2. The first kappa shape index (κ1) is 10.5. The third-order valence-corrected chi connectivity index (χ3v) is 2.91. The zero-order valence-corrected chi connectivity index (χ0v) is 9.62. The first-order valence-corrected chi connectivity index (χ1v) is 5.87. The second-order valence-corrected chi connectivity index (χ2v) is 4.62. The normalized spacial score (nSPS) is 14.1. The minimum Gasteiger partial charge on any atom is -0.493 e. The van der Waals surface area contributed by atoms with Crippen molar-refractivity contribution in [2.75, 3.05) is 6.61 Å². The summed E-state index contributed by atoms with van der Waals surface area (Å²) in [5, 5.41) is 0. The lowest BCUT2D eigenvalue weighted by molar-refractivity contribution is 0.356. The standard InChI is InChI=1S/C13H19NO/c1-10(2)4-3-5-12-11-7-9-15-13(11)6-8-14-12/h6,8,10H,3-5,7,9H2,1-2H3. The van der Waals surface area contributed by atoms with Crippen molar-refractivity contribution >= 4 is 0 Å². The molecule has 0 atom stereocenters. The molecule has 0 saturated heterocycles. The van der Waals surface area contributed by atoms with Crippen molar-refractivity contribution < 1.29 is 4.74 Å². The van der Waals surface area contributed by atoms with Crippen molar-refractivity contribution in [3.8, 4) is 5.75 Å². The summed E-state index contributed by atoms with van der Waals surface area (Å²) in [7, 11) is 0. The van der Waals surface area contributed by atoms with Crippen molar-refractivity contribution in [3.05, 3.63) is 23.5 Å². The summed E-state index contributed by atoms with van der Waals surface area (Å²) in [4.78, 5) is 4.47. The van der Waals surface area contributed by atoms with Gasteiger partial charge in [0.2, 0.25) is 0 Å². The molecule has 1 aromatic rings. The number of nitrogens with zero attached hydrogens (tertiary/aromatic N) is 1. The zero-order chi connectivity index (χ0) is 10.7. The molecular weight excluding hydrogens is 186 g/mol. The van der Waals surface area contributed by atoms with Gasteiger partial charge in [-0.1, -0.05) is 20.3 Å². The van der Waals surface area contributed by atoms with E-state index in [1.807, 2.05) is 12.3 Å². The Kier molecular flexibility index (Phi) is 3.24. The summed E-state index contributed by atoms with van der Waals surface area (Å²) < 4.78 is 5.53. The van der Waals surface area contributed by atoms with Gasteiger partial charge in [0.1, 0.15) is 5.75 Å². The molecule has 0 bridgehead atoms. The highest BCUT2D eigenvalue weighted by Crippen LogP contribution is 2.27. The van der Waals surface area contributed by atoms with E-state index in [4.69, 9.17) is 4.74 Å². The first-order valence-electron chi connectivity index (χ1n) is 5.87. The lowest BCUT2D eigenvalue weighted by Crippen LogP contribution is -1.97. The summed E-state index contributed by atoms with van der Waals surface area (Å²) in [6.07, 6.45) is 6.53. The molecule has 0 N–H and O–H groups in total. The Hall–Kier alpha value is -1.05. The van der Waals surface area contributed by atoms with Gasteiger partial charge in [-0.25, -0.2) is 0 Å². The first-order chi connectivity index (χ1) is 7.27. The molecule has 0 saturated carbocycles. The molecule has 0 spiro atoms. The SMILES string of the molecule is CC(C)CCCc1nccc2c1CCO2. The predicted molar refractivity (Wildman–Crippen MR) is 61.2 cm³/mol. The van der Waals surface area contributed by atoms with Crippen LogP contribution in [0, 0.1) is 5.92 Å². The van der Waals surface area contributed by atoms with Crippen molar-refractivity contribution in [3.63, 3.8) is 0 Å². The molecule has 1 aliphatic rings. The van der Waals surface area contributed by atoms with E-state index in [0.29, 0.717) is 0 Å². The molecule has 0 radical (unpaired) electrons. The summed E-state index contributed by atoms with van der Waals surface area (Å²) in [6, 6.07) is 1.98. The van der Waals surface area contributed by atoms with Gasteiger partial charge in [-0.3, -0.25) is 4.98 Å². The molecule has 0 amide bonds. The lowest BCUT2D eigenvalue weighted by atomic mass is 10.0. The number of fused-ring (bicyclic) bond motifs is 1. The monoisotopic (exact) mass is 205 g/mol. The molecule has 2 nitrogen and oxygen atoms in total. The number of hydrogen-bond donors (Lipinski definition) is 0. The highest BCUT2D eigenvalue weighted by atomic mass is 16.5. The molecular formula is C13H19NO. The molecule has 2 heterocycles. The Morgan fingerprint density at radius 1 is 1.47 bits per heavy atom. The van der Waals surface area contributed by atoms with Crippen LogP contribution in [-0.4, -0.2) is 11.6 Å². The Bertz CT molecular complexity index is 333. The maximum atomic E-state index is 5.53. The smallest absolute Gasteiger partial charge is 0.125 e. The fourth-order valence-electron chi connectivity index (χ4n) is 2.07. The molecule has 0 aliphatic carbocycles. The number of ether oxygens (including phenoxy) is 1. The second kappa shape index (κ2) is 4.65.